The Morgan fingerprint density at radius 1 is 0.897 bits per heavy atom. The van der Waals surface area contributed by atoms with Crippen LogP contribution in [0.15, 0.2) is 72.9 Å². The van der Waals surface area contributed by atoms with E-state index in [0.717, 1.165) is 40.2 Å². The van der Waals surface area contributed by atoms with Crippen LogP contribution in [0.4, 0.5) is 5.69 Å². The van der Waals surface area contributed by atoms with Gasteiger partial charge in [-0.25, -0.2) is 4.90 Å². The molecule has 1 aliphatic heterocycles. The van der Waals surface area contributed by atoms with Crippen LogP contribution in [0.3, 0.4) is 0 Å². The minimum Gasteiger partial charge on any atom is -0.347 e. The lowest BCUT2D eigenvalue weighted by Crippen LogP contribution is -2.30. The van der Waals surface area contributed by atoms with Crippen molar-refractivity contribution in [2.75, 3.05) is 4.90 Å². The summed E-state index contributed by atoms with van der Waals surface area (Å²) in [5.74, 6) is -0.709. The number of amides is 2. The molecule has 0 N–H and O–H groups in total. The largest absolute Gasteiger partial charge is 0.347 e. The highest BCUT2D eigenvalue weighted by Crippen LogP contribution is 2.39. The molecule has 0 radical (unpaired) electrons. The molecular weight excluding hydrogens is 360 g/mol. The van der Waals surface area contributed by atoms with E-state index >= 15 is 0 Å². The molecule has 4 aromatic rings. The van der Waals surface area contributed by atoms with Gasteiger partial charge in [-0.2, -0.15) is 0 Å². The highest BCUT2D eigenvalue weighted by molar-refractivity contribution is 6.26. The molecule has 2 amide bonds. The van der Waals surface area contributed by atoms with Gasteiger partial charge in [-0.1, -0.05) is 61.5 Å². The molecule has 0 bridgehead atoms. The lowest BCUT2D eigenvalue weighted by Gasteiger charge is -2.17. The third kappa shape index (κ3) is 2.75. The Labute approximate surface area is 169 Å². The molecule has 1 aromatic heterocycles. The fraction of sp³-hybridized carbons (Fsp3) is 0.200. The molecule has 1 atom stereocenters. The first kappa shape index (κ1) is 17.7. The van der Waals surface area contributed by atoms with Crippen LogP contribution in [0, 0.1) is 0 Å². The summed E-state index contributed by atoms with van der Waals surface area (Å²) < 4.78 is 2.20. The summed E-state index contributed by atoms with van der Waals surface area (Å²) in [7, 11) is 0. The van der Waals surface area contributed by atoms with Gasteiger partial charge in [0, 0.05) is 35.5 Å². The summed E-state index contributed by atoms with van der Waals surface area (Å²) in [6.07, 6.45) is 3.29. The van der Waals surface area contributed by atoms with Crippen molar-refractivity contribution in [1.29, 1.82) is 0 Å². The number of benzene rings is 3. The Kier molecular flexibility index (Phi) is 4.20. The van der Waals surface area contributed by atoms with Gasteiger partial charge in [-0.05, 0) is 29.5 Å². The SMILES string of the molecule is CCCn1cc(C2CC(=O)N(c3cccc4ccccc34)C2=O)c2ccccc21. The van der Waals surface area contributed by atoms with Crippen molar-refractivity contribution in [1.82, 2.24) is 4.57 Å². The molecule has 0 spiro atoms. The summed E-state index contributed by atoms with van der Waals surface area (Å²) in [6, 6.07) is 21.8. The van der Waals surface area contributed by atoms with Gasteiger partial charge < -0.3 is 4.57 Å². The van der Waals surface area contributed by atoms with E-state index in [1.807, 2.05) is 54.6 Å². The van der Waals surface area contributed by atoms with Gasteiger partial charge in [0.25, 0.3) is 0 Å². The van der Waals surface area contributed by atoms with Gasteiger partial charge in [0.1, 0.15) is 0 Å². The summed E-state index contributed by atoms with van der Waals surface area (Å²) in [5, 5.41) is 3.01. The highest BCUT2D eigenvalue weighted by Gasteiger charge is 2.42. The zero-order valence-electron chi connectivity index (χ0n) is 16.3. The summed E-state index contributed by atoms with van der Waals surface area (Å²) >= 11 is 0. The fourth-order valence-electron chi connectivity index (χ4n) is 4.51. The average Bonchev–Trinajstić information content (AvgIpc) is 3.25. The van der Waals surface area contributed by atoms with Crippen LogP contribution in [0.1, 0.15) is 31.2 Å². The van der Waals surface area contributed by atoms with Crippen molar-refractivity contribution in [3.05, 3.63) is 78.5 Å². The van der Waals surface area contributed by atoms with Crippen LogP contribution >= 0.6 is 0 Å². The van der Waals surface area contributed by atoms with Gasteiger partial charge in [-0.15, -0.1) is 0 Å². The minimum absolute atomic E-state index is 0.134. The number of imide groups is 1. The van der Waals surface area contributed by atoms with E-state index in [4.69, 9.17) is 0 Å². The Hall–Kier alpha value is -3.40. The smallest absolute Gasteiger partial charge is 0.241 e. The molecule has 1 fully saturated rings. The average molecular weight is 382 g/mol. The van der Waals surface area contributed by atoms with Crippen molar-refractivity contribution in [3.8, 4) is 0 Å². The molecule has 1 saturated heterocycles. The van der Waals surface area contributed by atoms with E-state index in [1.165, 1.54) is 4.90 Å². The van der Waals surface area contributed by atoms with Crippen LogP contribution in [0.2, 0.25) is 0 Å². The van der Waals surface area contributed by atoms with Gasteiger partial charge in [-0.3, -0.25) is 9.59 Å². The number of carbonyl (C=O) groups is 2. The van der Waals surface area contributed by atoms with Crippen LogP contribution in [0.5, 0.6) is 0 Å². The Morgan fingerprint density at radius 2 is 1.62 bits per heavy atom. The highest BCUT2D eigenvalue weighted by atomic mass is 16.2. The molecule has 4 heteroatoms. The maximum Gasteiger partial charge on any atom is 0.241 e. The second-order valence-corrected chi connectivity index (χ2v) is 7.62. The number of para-hydroxylation sites is 1. The number of anilines is 1. The molecule has 1 unspecified atom stereocenters. The van der Waals surface area contributed by atoms with Crippen LogP contribution in [0.25, 0.3) is 21.7 Å². The number of hydrogen-bond acceptors (Lipinski definition) is 2. The monoisotopic (exact) mass is 382 g/mol. The van der Waals surface area contributed by atoms with Crippen LogP contribution < -0.4 is 4.90 Å². The first-order valence-corrected chi connectivity index (χ1v) is 10.1. The summed E-state index contributed by atoms with van der Waals surface area (Å²) in [6.45, 7) is 3.03. The quantitative estimate of drug-likeness (QED) is 0.452. The summed E-state index contributed by atoms with van der Waals surface area (Å²) in [4.78, 5) is 27.8. The third-order valence-electron chi connectivity index (χ3n) is 5.81. The molecule has 2 heterocycles. The lowest BCUT2D eigenvalue weighted by atomic mass is 9.97. The third-order valence-corrected chi connectivity index (χ3v) is 5.81. The molecule has 1 aliphatic rings. The van der Waals surface area contributed by atoms with E-state index in [2.05, 4.69) is 29.8 Å². The van der Waals surface area contributed by atoms with E-state index in [0.29, 0.717) is 5.69 Å². The Bertz CT molecular complexity index is 1250. The predicted molar refractivity (Wildman–Crippen MR) is 116 cm³/mol. The van der Waals surface area contributed by atoms with Crippen LogP contribution in [-0.4, -0.2) is 16.4 Å². The first-order valence-electron chi connectivity index (χ1n) is 10.1. The number of aryl methyl sites for hydroxylation is 1. The number of fused-ring (bicyclic) bond motifs is 2. The van der Waals surface area contributed by atoms with Crippen molar-refractivity contribution in [2.24, 2.45) is 0 Å². The van der Waals surface area contributed by atoms with E-state index < -0.39 is 5.92 Å². The number of carbonyl (C=O) groups excluding carboxylic acids is 2. The molecule has 4 nitrogen and oxygen atoms in total. The molecule has 0 saturated carbocycles. The normalized spacial score (nSPS) is 17.0. The maximum atomic E-state index is 13.5. The topological polar surface area (TPSA) is 42.3 Å². The maximum absolute atomic E-state index is 13.5. The van der Waals surface area contributed by atoms with Crippen molar-refractivity contribution >= 4 is 39.2 Å². The number of nitrogens with zero attached hydrogens (tertiary/aromatic N) is 2. The van der Waals surface area contributed by atoms with Gasteiger partial charge in [0.2, 0.25) is 11.8 Å². The second-order valence-electron chi connectivity index (χ2n) is 7.62. The van der Waals surface area contributed by atoms with Gasteiger partial charge in [0.05, 0.1) is 11.6 Å². The van der Waals surface area contributed by atoms with E-state index in [9.17, 15) is 9.59 Å². The van der Waals surface area contributed by atoms with Crippen molar-refractivity contribution < 1.29 is 9.59 Å². The van der Waals surface area contributed by atoms with Crippen LogP contribution in [-0.2, 0) is 16.1 Å². The van der Waals surface area contributed by atoms with Crippen molar-refractivity contribution in [3.63, 3.8) is 0 Å². The van der Waals surface area contributed by atoms with E-state index in [1.54, 1.807) is 0 Å². The molecule has 29 heavy (non-hydrogen) atoms. The molecular formula is C25H22N2O2. The van der Waals surface area contributed by atoms with E-state index in [-0.39, 0.29) is 18.2 Å². The molecule has 144 valence electrons. The van der Waals surface area contributed by atoms with Gasteiger partial charge >= 0.3 is 0 Å². The lowest BCUT2D eigenvalue weighted by molar-refractivity contribution is -0.121. The zero-order valence-corrected chi connectivity index (χ0v) is 16.3. The Morgan fingerprint density at radius 3 is 2.45 bits per heavy atom. The number of hydrogen-bond donors (Lipinski definition) is 0. The first-order chi connectivity index (χ1) is 14.2. The van der Waals surface area contributed by atoms with Crippen molar-refractivity contribution in [2.45, 2.75) is 32.2 Å². The number of rotatable bonds is 4. The Balaban J connectivity index is 1.61. The number of aromatic nitrogens is 1. The second kappa shape index (κ2) is 6.89. The van der Waals surface area contributed by atoms with Gasteiger partial charge in [0.15, 0.2) is 0 Å². The minimum atomic E-state index is -0.440. The predicted octanol–water partition coefficient (Wildman–Crippen LogP) is 5.25. The molecule has 0 aliphatic carbocycles. The zero-order chi connectivity index (χ0) is 20.0. The molecule has 5 rings (SSSR count). The fourth-order valence-corrected chi connectivity index (χ4v) is 4.51. The molecule has 3 aromatic carbocycles. The standard InChI is InChI=1S/C25H22N2O2/c1-2-14-26-16-21(19-11-5-6-12-22(19)26)20-15-24(28)27(25(20)29)23-13-7-9-17-8-3-4-10-18(17)23/h3-13,16,20H,2,14-15H2,1H3. The summed E-state index contributed by atoms with van der Waals surface area (Å²) in [5.41, 5.74) is 2.75.